The number of ether oxygens (including phenoxy) is 1. The lowest BCUT2D eigenvalue weighted by atomic mass is 10.1. The fraction of sp³-hybridized carbons (Fsp3) is 0.333. The Balaban J connectivity index is 1.74. The summed E-state index contributed by atoms with van der Waals surface area (Å²) in [6.45, 7) is 5.58. The van der Waals surface area contributed by atoms with Gasteiger partial charge in [-0.2, -0.15) is 0 Å². The van der Waals surface area contributed by atoms with Crippen LogP contribution in [0.2, 0.25) is 0 Å². The maximum atomic E-state index is 13.6. The minimum absolute atomic E-state index is 0.189. The van der Waals surface area contributed by atoms with Gasteiger partial charge in [0.15, 0.2) is 22.2 Å². The van der Waals surface area contributed by atoms with Gasteiger partial charge in [0.05, 0.1) is 17.3 Å². The van der Waals surface area contributed by atoms with E-state index >= 15 is 0 Å². The van der Waals surface area contributed by atoms with Crippen molar-refractivity contribution < 1.29 is 13.9 Å². The number of methoxy groups -OCH3 is 1. The van der Waals surface area contributed by atoms with E-state index in [2.05, 4.69) is 30.9 Å². The highest BCUT2D eigenvalue weighted by molar-refractivity contribution is 7.22. The van der Waals surface area contributed by atoms with Crippen molar-refractivity contribution in [3.05, 3.63) is 53.3 Å². The third-order valence-corrected chi connectivity index (χ3v) is 6.44. The molecule has 0 atom stereocenters. The number of nitrogens with zero attached hydrogens (tertiary/aromatic N) is 3. The smallest absolute Gasteiger partial charge is 0.295 e. The van der Waals surface area contributed by atoms with E-state index in [4.69, 9.17) is 14.1 Å². The van der Waals surface area contributed by atoms with E-state index in [-0.39, 0.29) is 11.7 Å². The van der Waals surface area contributed by atoms with Crippen LogP contribution in [0.25, 0.3) is 21.2 Å². The molecule has 0 bridgehead atoms. The predicted molar refractivity (Wildman–Crippen MR) is 127 cm³/mol. The van der Waals surface area contributed by atoms with Crippen molar-refractivity contribution in [2.24, 2.45) is 0 Å². The van der Waals surface area contributed by atoms with Crippen molar-refractivity contribution in [1.29, 1.82) is 0 Å². The van der Waals surface area contributed by atoms with Crippen LogP contribution in [0.5, 0.6) is 5.75 Å². The minimum atomic E-state index is -0.189. The standard InChI is InChI=1S/C24H27N3O3S/c1-15-12-16(2)22-18(13-15)25-24(31-22)27(11-7-10-26(3)4)23(28)20-14-17-8-6-9-19(29-5)21(17)30-20/h6,8-9,12-14H,7,10-11H2,1-5H3. The van der Waals surface area contributed by atoms with Crippen LogP contribution in [-0.2, 0) is 0 Å². The summed E-state index contributed by atoms with van der Waals surface area (Å²) in [6, 6.07) is 11.6. The van der Waals surface area contributed by atoms with Crippen molar-refractivity contribution >= 4 is 43.6 Å². The number of amides is 1. The van der Waals surface area contributed by atoms with E-state index in [1.807, 2.05) is 32.3 Å². The molecule has 6 nitrogen and oxygen atoms in total. The van der Waals surface area contributed by atoms with E-state index in [0.717, 1.165) is 34.1 Å². The zero-order valence-electron chi connectivity index (χ0n) is 18.6. The molecule has 2 aromatic heterocycles. The predicted octanol–water partition coefficient (Wildman–Crippen LogP) is 5.27. The number of rotatable bonds is 7. The molecule has 0 aliphatic heterocycles. The zero-order valence-corrected chi connectivity index (χ0v) is 19.4. The van der Waals surface area contributed by atoms with Crippen molar-refractivity contribution in [1.82, 2.24) is 9.88 Å². The Bertz CT molecular complexity index is 1240. The SMILES string of the molecule is COc1cccc2cc(C(=O)N(CCCN(C)C)c3nc4cc(C)cc(C)c4s3)oc12. The van der Waals surface area contributed by atoms with Gasteiger partial charge in [0.25, 0.3) is 5.91 Å². The Morgan fingerprint density at radius 1 is 1.16 bits per heavy atom. The van der Waals surface area contributed by atoms with Gasteiger partial charge in [-0.1, -0.05) is 29.5 Å². The molecule has 0 unspecified atom stereocenters. The maximum Gasteiger partial charge on any atom is 0.295 e. The fourth-order valence-corrected chi connectivity index (χ4v) is 4.78. The summed E-state index contributed by atoms with van der Waals surface area (Å²) >= 11 is 1.55. The molecular weight excluding hydrogens is 410 g/mol. The highest BCUT2D eigenvalue weighted by Gasteiger charge is 2.25. The van der Waals surface area contributed by atoms with Crippen LogP contribution in [0, 0.1) is 13.8 Å². The molecule has 0 saturated heterocycles. The summed E-state index contributed by atoms with van der Waals surface area (Å²) in [7, 11) is 5.65. The lowest BCUT2D eigenvalue weighted by Gasteiger charge is -2.19. The number of thiazole rings is 1. The molecule has 0 aliphatic rings. The first-order valence-corrected chi connectivity index (χ1v) is 11.1. The van der Waals surface area contributed by atoms with Gasteiger partial charge in [-0.25, -0.2) is 4.98 Å². The Morgan fingerprint density at radius 3 is 2.71 bits per heavy atom. The number of carbonyl (C=O) groups excluding carboxylic acids is 1. The molecule has 2 aromatic carbocycles. The largest absolute Gasteiger partial charge is 0.493 e. The molecule has 4 rings (SSSR count). The number of carbonyl (C=O) groups is 1. The van der Waals surface area contributed by atoms with Gasteiger partial charge in [-0.15, -0.1) is 0 Å². The number of furan rings is 1. The van der Waals surface area contributed by atoms with E-state index < -0.39 is 0 Å². The average molecular weight is 438 g/mol. The number of para-hydroxylation sites is 1. The number of aryl methyl sites for hydroxylation is 2. The second kappa shape index (κ2) is 8.69. The Labute approximate surface area is 186 Å². The number of anilines is 1. The van der Waals surface area contributed by atoms with Crippen LogP contribution in [-0.4, -0.2) is 50.1 Å². The van der Waals surface area contributed by atoms with Crippen LogP contribution >= 0.6 is 11.3 Å². The Kier molecular flexibility index (Phi) is 5.98. The Morgan fingerprint density at radius 2 is 1.97 bits per heavy atom. The first kappa shape index (κ1) is 21.3. The summed E-state index contributed by atoms with van der Waals surface area (Å²) in [5.74, 6) is 0.712. The molecule has 7 heteroatoms. The first-order chi connectivity index (χ1) is 14.9. The third kappa shape index (κ3) is 4.29. The quantitative estimate of drug-likeness (QED) is 0.394. The zero-order chi connectivity index (χ0) is 22.1. The van der Waals surface area contributed by atoms with Crippen LogP contribution in [0.3, 0.4) is 0 Å². The number of hydrogen-bond donors (Lipinski definition) is 0. The highest BCUT2D eigenvalue weighted by atomic mass is 32.1. The normalized spacial score (nSPS) is 11.5. The lowest BCUT2D eigenvalue weighted by molar-refractivity contribution is 0.0961. The third-order valence-electron chi connectivity index (χ3n) is 5.21. The van der Waals surface area contributed by atoms with Crippen LogP contribution in [0.15, 0.2) is 40.8 Å². The molecule has 0 aliphatic carbocycles. The van der Waals surface area contributed by atoms with Gasteiger partial charge >= 0.3 is 0 Å². The van der Waals surface area contributed by atoms with E-state index in [1.54, 1.807) is 29.4 Å². The molecule has 1 amide bonds. The van der Waals surface area contributed by atoms with Gasteiger partial charge in [0.2, 0.25) is 0 Å². The minimum Gasteiger partial charge on any atom is -0.493 e. The lowest BCUT2D eigenvalue weighted by Crippen LogP contribution is -2.33. The van der Waals surface area contributed by atoms with Crippen molar-refractivity contribution in [2.45, 2.75) is 20.3 Å². The first-order valence-electron chi connectivity index (χ1n) is 10.3. The molecule has 4 aromatic rings. The molecule has 0 spiro atoms. The molecule has 2 heterocycles. The molecular formula is C24H27N3O3S. The van der Waals surface area contributed by atoms with Crippen LogP contribution in [0.4, 0.5) is 5.13 Å². The molecule has 0 radical (unpaired) electrons. The maximum absolute atomic E-state index is 13.6. The summed E-state index contributed by atoms with van der Waals surface area (Å²) < 4.78 is 12.4. The number of hydrogen-bond acceptors (Lipinski definition) is 6. The van der Waals surface area contributed by atoms with Crippen molar-refractivity contribution in [2.75, 3.05) is 39.2 Å². The van der Waals surface area contributed by atoms with Crippen molar-refractivity contribution in [3.8, 4) is 5.75 Å². The highest BCUT2D eigenvalue weighted by Crippen LogP contribution is 2.34. The molecule has 162 valence electrons. The van der Waals surface area contributed by atoms with Gasteiger partial charge in [0, 0.05) is 11.9 Å². The molecule has 0 N–H and O–H groups in total. The monoisotopic (exact) mass is 437 g/mol. The molecule has 0 saturated carbocycles. The number of aromatic nitrogens is 1. The van der Waals surface area contributed by atoms with Gasteiger partial charge in [-0.05, 0) is 70.2 Å². The summed E-state index contributed by atoms with van der Waals surface area (Å²) in [4.78, 5) is 22.2. The number of benzene rings is 2. The average Bonchev–Trinajstić information content (AvgIpc) is 3.34. The van der Waals surface area contributed by atoms with Crippen LogP contribution < -0.4 is 9.64 Å². The van der Waals surface area contributed by atoms with Crippen molar-refractivity contribution in [3.63, 3.8) is 0 Å². The van der Waals surface area contributed by atoms with E-state index in [9.17, 15) is 4.79 Å². The fourth-order valence-electron chi connectivity index (χ4n) is 3.74. The van der Waals surface area contributed by atoms with Gasteiger partial charge in [-0.3, -0.25) is 9.69 Å². The second-order valence-corrected chi connectivity index (χ2v) is 9.01. The van der Waals surface area contributed by atoms with E-state index in [1.165, 1.54) is 5.56 Å². The topological polar surface area (TPSA) is 58.8 Å². The van der Waals surface area contributed by atoms with E-state index in [0.29, 0.717) is 23.0 Å². The van der Waals surface area contributed by atoms with Crippen LogP contribution in [0.1, 0.15) is 28.1 Å². The van der Waals surface area contributed by atoms with Gasteiger partial charge < -0.3 is 14.1 Å². The summed E-state index contributed by atoms with van der Waals surface area (Å²) in [5, 5.41) is 1.53. The summed E-state index contributed by atoms with van der Waals surface area (Å²) in [6.07, 6.45) is 0.830. The Hall–Kier alpha value is -2.90. The second-order valence-electron chi connectivity index (χ2n) is 8.03. The van der Waals surface area contributed by atoms with Gasteiger partial charge in [0.1, 0.15) is 0 Å². The number of fused-ring (bicyclic) bond motifs is 2. The molecule has 31 heavy (non-hydrogen) atoms. The molecule has 0 fully saturated rings. The summed E-state index contributed by atoms with van der Waals surface area (Å²) in [5.41, 5.74) is 3.84.